The molecular formula is C9H8Cl2N6. The van der Waals surface area contributed by atoms with Gasteiger partial charge in [0.1, 0.15) is 16.7 Å². The van der Waals surface area contributed by atoms with E-state index in [4.69, 9.17) is 40.5 Å². The van der Waals surface area contributed by atoms with Crippen LogP contribution in [0.5, 0.6) is 0 Å². The van der Waals surface area contributed by atoms with Crippen LogP contribution in [0, 0.1) is 0 Å². The average molecular weight is 271 g/mol. The molecule has 6 nitrogen and oxygen atoms in total. The van der Waals surface area contributed by atoms with Crippen molar-refractivity contribution >= 4 is 45.9 Å². The molecule has 0 radical (unpaired) electrons. The van der Waals surface area contributed by atoms with Gasteiger partial charge in [-0.1, -0.05) is 23.2 Å². The second kappa shape index (κ2) is 4.23. The van der Waals surface area contributed by atoms with Gasteiger partial charge in [-0.2, -0.15) is 5.10 Å². The van der Waals surface area contributed by atoms with Crippen LogP contribution in [0.4, 0.5) is 5.82 Å². The van der Waals surface area contributed by atoms with Gasteiger partial charge < -0.3 is 17.3 Å². The number of fused-ring (bicyclic) bond motifs is 1. The van der Waals surface area contributed by atoms with Crippen LogP contribution in [0.3, 0.4) is 0 Å². The van der Waals surface area contributed by atoms with E-state index in [2.05, 4.69) is 15.1 Å². The number of hydrazone groups is 1. The number of amidine groups is 1. The zero-order valence-electron chi connectivity index (χ0n) is 8.48. The highest BCUT2D eigenvalue weighted by Gasteiger charge is 2.13. The number of nitrogen functional groups attached to an aromatic ring is 1. The predicted octanol–water partition coefficient (Wildman–Crippen LogP) is 1.10. The van der Waals surface area contributed by atoms with E-state index in [1.807, 2.05) is 0 Å². The van der Waals surface area contributed by atoms with Crippen molar-refractivity contribution < 1.29 is 0 Å². The molecule has 0 saturated heterocycles. The Bertz CT molecular complexity index is 624. The summed E-state index contributed by atoms with van der Waals surface area (Å²) in [7, 11) is 0. The van der Waals surface area contributed by atoms with Gasteiger partial charge in [0, 0.05) is 0 Å². The molecule has 8 heteroatoms. The van der Waals surface area contributed by atoms with Crippen molar-refractivity contribution in [2.45, 2.75) is 0 Å². The number of hydrogen-bond donors (Lipinski definition) is 3. The van der Waals surface area contributed by atoms with Crippen LogP contribution in [0.1, 0.15) is 5.69 Å². The van der Waals surface area contributed by atoms with Gasteiger partial charge in [0.25, 0.3) is 0 Å². The number of halogens is 2. The molecule has 6 N–H and O–H groups in total. The Kier molecular flexibility index (Phi) is 2.91. The number of benzene rings is 1. The fourth-order valence-electron chi connectivity index (χ4n) is 1.34. The van der Waals surface area contributed by atoms with Gasteiger partial charge in [-0.05, 0) is 12.1 Å². The Morgan fingerprint density at radius 3 is 2.18 bits per heavy atom. The molecule has 2 aromatic rings. The Morgan fingerprint density at radius 1 is 1.12 bits per heavy atom. The topological polar surface area (TPSA) is 116 Å². The fourth-order valence-corrected chi connectivity index (χ4v) is 1.72. The summed E-state index contributed by atoms with van der Waals surface area (Å²) >= 11 is 12.0. The summed E-state index contributed by atoms with van der Waals surface area (Å²) in [5, 5.41) is 4.11. The van der Waals surface area contributed by atoms with Crippen molar-refractivity contribution in [1.29, 1.82) is 0 Å². The molecule has 0 saturated carbocycles. The maximum Gasteiger partial charge on any atom is 0.172 e. The maximum absolute atomic E-state index is 5.99. The van der Waals surface area contributed by atoms with Crippen molar-refractivity contribution in [3.63, 3.8) is 0 Å². The first-order chi connectivity index (χ1) is 8.04. The molecule has 0 atom stereocenters. The molecule has 0 amide bonds. The first-order valence-electron chi connectivity index (χ1n) is 4.49. The summed E-state index contributed by atoms with van der Waals surface area (Å²) in [6.07, 6.45) is 0. The molecule has 1 aromatic heterocycles. The third-order valence-corrected chi connectivity index (χ3v) is 2.74. The van der Waals surface area contributed by atoms with Crippen molar-refractivity contribution in [3.05, 3.63) is 27.9 Å². The Hall–Kier alpha value is -1.79. The quantitative estimate of drug-likeness (QED) is 0.311. The molecule has 2 rings (SSSR count). The number of rotatable bonds is 1. The van der Waals surface area contributed by atoms with Crippen molar-refractivity contribution in [2.24, 2.45) is 16.7 Å². The van der Waals surface area contributed by atoms with E-state index in [1.165, 1.54) is 0 Å². The molecule has 1 aromatic carbocycles. The lowest BCUT2D eigenvalue weighted by Crippen LogP contribution is -2.20. The molecular weight excluding hydrogens is 263 g/mol. The van der Waals surface area contributed by atoms with Crippen molar-refractivity contribution in [1.82, 2.24) is 9.97 Å². The molecule has 0 aliphatic rings. The Morgan fingerprint density at radius 2 is 1.65 bits per heavy atom. The van der Waals surface area contributed by atoms with Crippen LogP contribution in [-0.2, 0) is 0 Å². The molecule has 0 aliphatic carbocycles. The van der Waals surface area contributed by atoms with Crippen LogP contribution in [0.2, 0.25) is 10.0 Å². The largest absolute Gasteiger partial charge is 0.382 e. The van der Waals surface area contributed by atoms with Gasteiger partial charge in [0.05, 0.1) is 10.0 Å². The third kappa shape index (κ3) is 1.92. The number of nitrogens with two attached hydrogens (primary N) is 3. The number of hydrogen-bond acceptors (Lipinski definition) is 5. The normalized spacial score (nSPS) is 12.0. The summed E-state index contributed by atoms with van der Waals surface area (Å²) in [6.45, 7) is 0. The van der Waals surface area contributed by atoms with E-state index in [0.29, 0.717) is 21.1 Å². The molecule has 0 spiro atoms. The summed E-state index contributed by atoms with van der Waals surface area (Å²) in [5.41, 5.74) is 12.2. The molecule has 17 heavy (non-hydrogen) atoms. The van der Waals surface area contributed by atoms with Gasteiger partial charge in [0.15, 0.2) is 11.7 Å². The standard InChI is InChI=1S/C9H8Cl2N6/c10-3-1-2-4(11)6-5(3)15-7(8(12)16-6)9(13)17-14/h1-2H,14H2,(H2,12,16)(H2,13,17). The molecule has 88 valence electrons. The molecule has 1 heterocycles. The monoisotopic (exact) mass is 270 g/mol. The minimum absolute atomic E-state index is 0.0204. The first kappa shape index (κ1) is 11.7. The van der Waals surface area contributed by atoms with Crippen molar-refractivity contribution in [3.8, 4) is 0 Å². The Balaban J connectivity index is 2.85. The van der Waals surface area contributed by atoms with Crippen LogP contribution >= 0.6 is 23.2 Å². The van der Waals surface area contributed by atoms with Crippen LogP contribution in [0.15, 0.2) is 17.2 Å². The van der Waals surface area contributed by atoms with Crippen LogP contribution < -0.4 is 17.3 Å². The summed E-state index contributed by atoms with van der Waals surface area (Å²) < 4.78 is 0. The SMILES string of the molecule is N/N=C(\N)c1nc2c(Cl)ccc(Cl)c2nc1N. The Labute approximate surface area is 106 Å². The number of anilines is 1. The minimum atomic E-state index is -0.0204. The average Bonchev–Trinajstić information content (AvgIpc) is 2.32. The van der Waals surface area contributed by atoms with Gasteiger partial charge in [-0.25, -0.2) is 9.97 Å². The highest BCUT2D eigenvalue weighted by molar-refractivity contribution is 6.39. The third-order valence-electron chi connectivity index (χ3n) is 2.13. The summed E-state index contributed by atoms with van der Waals surface area (Å²) in [4.78, 5) is 8.25. The van der Waals surface area contributed by atoms with E-state index < -0.39 is 0 Å². The van der Waals surface area contributed by atoms with Crippen LogP contribution in [0.25, 0.3) is 11.0 Å². The van der Waals surface area contributed by atoms with E-state index in [9.17, 15) is 0 Å². The maximum atomic E-state index is 5.99. The second-order valence-electron chi connectivity index (χ2n) is 3.20. The lowest BCUT2D eigenvalue weighted by Gasteiger charge is -2.07. The summed E-state index contributed by atoms with van der Waals surface area (Å²) in [6, 6.07) is 3.22. The number of aromatic nitrogens is 2. The lowest BCUT2D eigenvalue weighted by atomic mass is 10.2. The van der Waals surface area contributed by atoms with E-state index in [0.717, 1.165) is 0 Å². The first-order valence-corrected chi connectivity index (χ1v) is 5.25. The fraction of sp³-hybridized carbons (Fsp3) is 0. The number of nitrogens with zero attached hydrogens (tertiary/aromatic N) is 3. The zero-order chi connectivity index (χ0) is 12.6. The van der Waals surface area contributed by atoms with E-state index in [-0.39, 0.29) is 17.3 Å². The molecule has 0 bridgehead atoms. The smallest absolute Gasteiger partial charge is 0.172 e. The zero-order valence-corrected chi connectivity index (χ0v) is 10.00. The molecule has 0 unspecified atom stereocenters. The van der Waals surface area contributed by atoms with Gasteiger partial charge >= 0.3 is 0 Å². The van der Waals surface area contributed by atoms with Crippen molar-refractivity contribution in [2.75, 3.05) is 5.73 Å². The van der Waals surface area contributed by atoms with E-state index >= 15 is 0 Å². The summed E-state index contributed by atoms with van der Waals surface area (Å²) in [5.74, 6) is 5.14. The highest BCUT2D eigenvalue weighted by Crippen LogP contribution is 2.28. The minimum Gasteiger partial charge on any atom is -0.382 e. The molecule has 0 aliphatic heterocycles. The van der Waals surface area contributed by atoms with Gasteiger partial charge in [-0.3, -0.25) is 0 Å². The predicted molar refractivity (Wildman–Crippen MR) is 68.9 cm³/mol. The van der Waals surface area contributed by atoms with Crippen LogP contribution in [-0.4, -0.2) is 15.8 Å². The van der Waals surface area contributed by atoms with Gasteiger partial charge in [-0.15, -0.1) is 0 Å². The highest BCUT2D eigenvalue weighted by atomic mass is 35.5. The van der Waals surface area contributed by atoms with E-state index in [1.54, 1.807) is 12.1 Å². The van der Waals surface area contributed by atoms with Gasteiger partial charge in [0.2, 0.25) is 0 Å². The second-order valence-corrected chi connectivity index (χ2v) is 4.01. The molecule has 0 fully saturated rings. The lowest BCUT2D eigenvalue weighted by molar-refractivity contribution is 1.19.